The van der Waals surface area contributed by atoms with Crippen molar-refractivity contribution in [3.8, 4) is 5.69 Å². The summed E-state index contributed by atoms with van der Waals surface area (Å²) in [7, 11) is 1.89. The van der Waals surface area contributed by atoms with Crippen molar-refractivity contribution in [2.75, 3.05) is 13.6 Å². The molecule has 0 atom stereocenters. The SMILES string of the molecule is CNCCc1c(C)[nH]n(-c2cccc(C)c2C)c1=O. The Hall–Kier alpha value is -1.81. The van der Waals surface area contributed by atoms with Gasteiger partial charge in [-0.05, 0) is 58.0 Å². The van der Waals surface area contributed by atoms with Gasteiger partial charge in [-0.2, -0.15) is 0 Å². The third-order valence-corrected chi connectivity index (χ3v) is 3.64. The van der Waals surface area contributed by atoms with Gasteiger partial charge in [-0.1, -0.05) is 12.1 Å². The van der Waals surface area contributed by atoms with Crippen LogP contribution in [0.25, 0.3) is 5.69 Å². The van der Waals surface area contributed by atoms with Crippen LogP contribution in [-0.4, -0.2) is 23.4 Å². The molecule has 1 heterocycles. The van der Waals surface area contributed by atoms with Gasteiger partial charge < -0.3 is 5.32 Å². The van der Waals surface area contributed by atoms with Crippen molar-refractivity contribution in [3.05, 3.63) is 50.9 Å². The molecule has 19 heavy (non-hydrogen) atoms. The molecule has 0 spiro atoms. The van der Waals surface area contributed by atoms with E-state index in [-0.39, 0.29) is 5.56 Å². The van der Waals surface area contributed by atoms with Crippen molar-refractivity contribution in [3.63, 3.8) is 0 Å². The summed E-state index contributed by atoms with van der Waals surface area (Å²) in [5.41, 5.74) is 5.11. The van der Waals surface area contributed by atoms with Crippen LogP contribution in [0.1, 0.15) is 22.4 Å². The van der Waals surface area contributed by atoms with Crippen LogP contribution in [0.2, 0.25) is 0 Å². The third kappa shape index (κ3) is 2.49. The summed E-state index contributed by atoms with van der Waals surface area (Å²) in [6.07, 6.45) is 0.746. The molecule has 0 aliphatic heterocycles. The Bertz CT molecular complexity index is 637. The summed E-state index contributed by atoms with van der Waals surface area (Å²) in [4.78, 5) is 12.5. The number of nitrogens with zero attached hydrogens (tertiary/aromatic N) is 1. The first kappa shape index (κ1) is 13.6. The fourth-order valence-corrected chi connectivity index (χ4v) is 2.27. The highest BCUT2D eigenvalue weighted by Gasteiger charge is 2.13. The van der Waals surface area contributed by atoms with E-state index in [1.165, 1.54) is 5.56 Å². The first-order chi connectivity index (χ1) is 9.06. The number of benzene rings is 1. The maximum atomic E-state index is 12.5. The second-order valence-electron chi connectivity index (χ2n) is 4.93. The fourth-order valence-electron chi connectivity index (χ4n) is 2.27. The van der Waals surface area contributed by atoms with E-state index < -0.39 is 0 Å². The predicted molar refractivity (Wildman–Crippen MR) is 78.2 cm³/mol. The van der Waals surface area contributed by atoms with Crippen LogP contribution >= 0.6 is 0 Å². The van der Waals surface area contributed by atoms with Crippen LogP contribution in [0.3, 0.4) is 0 Å². The minimum absolute atomic E-state index is 0.0569. The number of likely N-dealkylation sites (N-methyl/N-ethyl adjacent to an activating group) is 1. The Morgan fingerprint density at radius 2 is 2.00 bits per heavy atom. The van der Waals surface area contributed by atoms with Gasteiger partial charge in [0.1, 0.15) is 0 Å². The smallest absolute Gasteiger partial charge is 0.274 e. The average Bonchev–Trinajstić information content (AvgIpc) is 2.66. The van der Waals surface area contributed by atoms with Crippen LogP contribution < -0.4 is 10.9 Å². The standard InChI is InChI=1S/C15H21N3O/c1-10-6-5-7-14(11(10)2)18-15(19)13(8-9-16-4)12(3)17-18/h5-7,16-17H,8-9H2,1-4H3. The Labute approximate surface area is 113 Å². The molecule has 2 N–H and O–H groups in total. The molecular formula is C15H21N3O. The summed E-state index contributed by atoms with van der Waals surface area (Å²) in [5, 5.41) is 6.26. The highest BCUT2D eigenvalue weighted by atomic mass is 16.1. The molecule has 0 saturated carbocycles. The molecule has 0 amide bonds. The zero-order chi connectivity index (χ0) is 14.0. The molecule has 0 aliphatic rings. The maximum Gasteiger partial charge on any atom is 0.274 e. The van der Waals surface area contributed by atoms with Crippen LogP contribution in [0, 0.1) is 20.8 Å². The molecule has 0 fully saturated rings. The van der Waals surface area contributed by atoms with Gasteiger partial charge in [-0.25, -0.2) is 4.68 Å². The monoisotopic (exact) mass is 259 g/mol. The van der Waals surface area contributed by atoms with Crippen LogP contribution in [-0.2, 0) is 6.42 Å². The van der Waals surface area contributed by atoms with Crippen molar-refractivity contribution in [1.82, 2.24) is 15.1 Å². The van der Waals surface area contributed by atoms with Gasteiger partial charge in [-0.3, -0.25) is 9.89 Å². The molecule has 2 rings (SSSR count). The lowest BCUT2D eigenvalue weighted by Crippen LogP contribution is -2.21. The van der Waals surface area contributed by atoms with E-state index in [0.717, 1.165) is 35.5 Å². The van der Waals surface area contributed by atoms with Crippen LogP contribution in [0.5, 0.6) is 0 Å². The summed E-state index contributed by atoms with van der Waals surface area (Å²) < 4.78 is 1.66. The summed E-state index contributed by atoms with van der Waals surface area (Å²) in [6.45, 7) is 6.86. The molecule has 102 valence electrons. The first-order valence-corrected chi connectivity index (χ1v) is 6.58. The van der Waals surface area contributed by atoms with E-state index in [0.29, 0.717) is 0 Å². The number of rotatable bonds is 4. The first-order valence-electron chi connectivity index (χ1n) is 6.58. The van der Waals surface area contributed by atoms with Crippen LogP contribution in [0.4, 0.5) is 0 Å². The van der Waals surface area contributed by atoms with E-state index in [1.54, 1.807) is 4.68 Å². The van der Waals surface area contributed by atoms with Crippen molar-refractivity contribution in [2.24, 2.45) is 0 Å². The molecule has 2 aromatic rings. The van der Waals surface area contributed by atoms with Gasteiger partial charge in [0, 0.05) is 11.3 Å². The normalized spacial score (nSPS) is 10.9. The van der Waals surface area contributed by atoms with Crippen molar-refractivity contribution in [2.45, 2.75) is 27.2 Å². The van der Waals surface area contributed by atoms with Crippen LogP contribution in [0.15, 0.2) is 23.0 Å². The molecule has 0 saturated heterocycles. The quantitative estimate of drug-likeness (QED) is 0.880. The van der Waals surface area contributed by atoms with Gasteiger partial charge in [-0.15, -0.1) is 0 Å². The number of nitrogens with one attached hydrogen (secondary N) is 2. The van der Waals surface area contributed by atoms with Crippen molar-refractivity contribution in [1.29, 1.82) is 0 Å². The van der Waals surface area contributed by atoms with E-state index in [1.807, 2.05) is 33.0 Å². The number of aromatic nitrogens is 2. The molecule has 4 nitrogen and oxygen atoms in total. The van der Waals surface area contributed by atoms with Crippen molar-refractivity contribution >= 4 is 0 Å². The van der Waals surface area contributed by atoms with Gasteiger partial charge in [0.2, 0.25) is 0 Å². The highest BCUT2D eigenvalue weighted by Crippen LogP contribution is 2.16. The van der Waals surface area contributed by atoms with E-state index >= 15 is 0 Å². The molecule has 0 unspecified atom stereocenters. The van der Waals surface area contributed by atoms with E-state index in [2.05, 4.69) is 23.4 Å². The average molecular weight is 259 g/mol. The Balaban J connectivity index is 2.52. The summed E-state index contributed by atoms with van der Waals surface area (Å²) in [5.74, 6) is 0. The van der Waals surface area contributed by atoms with Gasteiger partial charge in [0.05, 0.1) is 5.69 Å². The summed E-state index contributed by atoms with van der Waals surface area (Å²) >= 11 is 0. The van der Waals surface area contributed by atoms with E-state index in [9.17, 15) is 4.79 Å². The molecule has 1 aromatic carbocycles. The summed E-state index contributed by atoms with van der Waals surface area (Å²) in [6, 6.07) is 6.01. The number of hydrogen-bond donors (Lipinski definition) is 2. The van der Waals surface area contributed by atoms with E-state index in [4.69, 9.17) is 0 Å². The topological polar surface area (TPSA) is 49.8 Å². The number of H-pyrrole nitrogens is 1. The Morgan fingerprint density at radius 1 is 1.26 bits per heavy atom. The molecule has 1 aromatic heterocycles. The zero-order valence-corrected chi connectivity index (χ0v) is 12.0. The minimum atomic E-state index is 0.0569. The number of aryl methyl sites for hydroxylation is 2. The second-order valence-corrected chi connectivity index (χ2v) is 4.93. The predicted octanol–water partition coefficient (Wildman–Crippen LogP) is 1.85. The lowest BCUT2D eigenvalue weighted by Gasteiger charge is -2.08. The largest absolute Gasteiger partial charge is 0.319 e. The molecular weight excluding hydrogens is 238 g/mol. The van der Waals surface area contributed by atoms with Gasteiger partial charge >= 0.3 is 0 Å². The number of hydrogen-bond acceptors (Lipinski definition) is 2. The molecule has 0 radical (unpaired) electrons. The maximum absolute atomic E-state index is 12.5. The lowest BCUT2D eigenvalue weighted by molar-refractivity contribution is 0.783. The highest BCUT2D eigenvalue weighted by molar-refractivity contribution is 5.44. The Kier molecular flexibility index (Phi) is 3.90. The van der Waals surface area contributed by atoms with Gasteiger partial charge in [0.15, 0.2) is 0 Å². The van der Waals surface area contributed by atoms with Gasteiger partial charge in [0.25, 0.3) is 5.56 Å². The third-order valence-electron chi connectivity index (χ3n) is 3.64. The fraction of sp³-hybridized carbons (Fsp3) is 0.400. The molecule has 4 heteroatoms. The minimum Gasteiger partial charge on any atom is -0.319 e. The lowest BCUT2D eigenvalue weighted by atomic mass is 10.1. The molecule has 0 bridgehead atoms. The zero-order valence-electron chi connectivity index (χ0n) is 12.0. The Morgan fingerprint density at radius 3 is 2.68 bits per heavy atom. The number of aromatic amines is 1. The molecule has 0 aliphatic carbocycles. The van der Waals surface area contributed by atoms with Crippen molar-refractivity contribution < 1.29 is 0 Å². The second kappa shape index (κ2) is 5.45.